The van der Waals surface area contributed by atoms with Gasteiger partial charge < -0.3 is 10.5 Å². The summed E-state index contributed by atoms with van der Waals surface area (Å²) in [5.41, 5.74) is 7.09. The number of rotatable bonds is 4. The van der Waals surface area contributed by atoms with E-state index in [0.29, 0.717) is 13.2 Å². The molecule has 1 aliphatic rings. The second-order valence-corrected chi connectivity index (χ2v) is 5.34. The molecule has 0 spiro atoms. The van der Waals surface area contributed by atoms with Gasteiger partial charge in [0.25, 0.3) is 0 Å². The van der Waals surface area contributed by atoms with Crippen molar-refractivity contribution < 1.29 is 4.74 Å². The van der Waals surface area contributed by atoms with Crippen molar-refractivity contribution in [3.8, 4) is 0 Å². The van der Waals surface area contributed by atoms with E-state index in [9.17, 15) is 0 Å². The summed E-state index contributed by atoms with van der Waals surface area (Å²) in [5, 5.41) is 0. The summed E-state index contributed by atoms with van der Waals surface area (Å²) in [6.07, 6.45) is 4.70. The minimum atomic E-state index is -0.0671. The molecular formula is C15H23NO. The Labute approximate surface area is 104 Å². The Morgan fingerprint density at radius 1 is 1.24 bits per heavy atom. The predicted octanol–water partition coefficient (Wildman–Crippen LogP) is 3.11. The zero-order chi connectivity index (χ0) is 12.1. The fraction of sp³-hybridized carbons (Fsp3) is 0.600. The zero-order valence-electron chi connectivity index (χ0n) is 10.7. The highest BCUT2D eigenvalue weighted by Crippen LogP contribution is 2.34. The highest BCUT2D eigenvalue weighted by Gasteiger charge is 2.33. The highest BCUT2D eigenvalue weighted by atomic mass is 16.5. The van der Waals surface area contributed by atoms with Crippen molar-refractivity contribution in [1.29, 1.82) is 0 Å². The molecule has 94 valence electrons. The van der Waals surface area contributed by atoms with Crippen LogP contribution in [-0.4, -0.2) is 12.1 Å². The highest BCUT2D eigenvalue weighted by molar-refractivity contribution is 5.13. The summed E-state index contributed by atoms with van der Waals surface area (Å²) >= 11 is 0. The van der Waals surface area contributed by atoms with Gasteiger partial charge in [0, 0.05) is 6.54 Å². The van der Waals surface area contributed by atoms with E-state index < -0.39 is 0 Å². The molecule has 0 atom stereocenters. The number of nitrogens with two attached hydrogens (primary N) is 1. The Kier molecular flexibility index (Phi) is 4.19. The second-order valence-electron chi connectivity index (χ2n) is 5.34. The molecule has 1 saturated carbocycles. The molecule has 2 nitrogen and oxygen atoms in total. The van der Waals surface area contributed by atoms with E-state index in [-0.39, 0.29) is 5.60 Å². The number of hydrogen-bond acceptors (Lipinski definition) is 2. The van der Waals surface area contributed by atoms with E-state index in [2.05, 4.69) is 31.2 Å². The van der Waals surface area contributed by atoms with Crippen molar-refractivity contribution in [1.82, 2.24) is 0 Å². The Morgan fingerprint density at radius 3 is 2.47 bits per heavy atom. The van der Waals surface area contributed by atoms with Crippen LogP contribution in [0.3, 0.4) is 0 Å². The van der Waals surface area contributed by atoms with Crippen LogP contribution in [0.1, 0.15) is 38.2 Å². The molecule has 0 radical (unpaired) electrons. The van der Waals surface area contributed by atoms with Crippen molar-refractivity contribution in [3.05, 3.63) is 35.9 Å². The maximum absolute atomic E-state index is 6.13. The van der Waals surface area contributed by atoms with Crippen LogP contribution in [0, 0.1) is 5.92 Å². The molecule has 0 saturated heterocycles. The molecule has 1 aromatic rings. The molecule has 0 aromatic heterocycles. The quantitative estimate of drug-likeness (QED) is 0.867. The lowest BCUT2D eigenvalue weighted by atomic mass is 9.79. The molecule has 1 fully saturated rings. The van der Waals surface area contributed by atoms with Gasteiger partial charge in [-0.3, -0.25) is 0 Å². The SMILES string of the molecule is CC1CCC(CN)(OCc2ccccc2)CC1. The summed E-state index contributed by atoms with van der Waals surface area (Å²) < 4.78 is 6.13. The van der Waals surface area contributed by atoms with Gasteiger partial charge in [0.2, 0.25) is 0 Å². The molecule has 1 aromatic carbocycles. The average molecular weight is 233 g/mol. The van der Waals surface area contributed by atoms with Crippen molar-refractivity contribution in [2.45, 2.75) is 44.8 Å². The molecule has 17 heavy (non-hydrogen) atoms. The zero-order valence-corrected chi connectivity index (χ0v) is 10.7. The van der Waals surface area contributed by atoms with Gasteiger partial charge in [-0.2, -0.15) is 0 Å². The number of hydrogen-bond donors (Lipinski definition) is 1. The first kappa shape index (κ1) is 12.6. The molecule has 0 unspecified atom stereocenters. The fourth-order valence-corrected chi connectivity index (χ4v) is 2.51. The van der Waals surface area contributed by atoms with Crippen molar-refractivity contribution in [3.63, 3.8) is 0 Å². The van der Waals surface area contributed by atoms with Crippen LogP contribution >= 0.6 is 0 Å². The number of benzene rings is 1. The molecular weight excluding hydrogens is 210 g/mol. The molecule has 2 heteroatoms. The van der Waals surface area contributed by atoms with Crippen LogP contribution in [0.25, 0.3) is 0 Å². The van der Waals surface area contributed by atoms with Gasteiger partial charge in [-0.1, -0.05) is 37.3 Å². The monoisotopic (exact) mass is 233 g/mol. The average Bonchev–Trinajstić information content (AvgIpc) is 2.40. The lowest BCUT2D eigenvalue weighted by Crippen LogP contribution is -2.43. The summed E-state index contributed by atoms with van der Waals surface area (Å²) in [7, 11) is 0. The lowest BCUT2D eigenvalue weighted by molar-refractivity contribution is -0.0799. The Balaban J connectivity index is 1.91. The van der Waals surface area contributed by atoms with E-state index in [4.69, 9.17) is 10.5 Å². The molecule has 0 heterocycles. The first-order valence-electron chi connectivity index (χ1n) is 6.62. The minimum absolute atomic E-state index is 0.0671. The predicted molar refractivity (Wildman–Crippen MR) is 70.6 cm³/mol. The van der Waals surface area contributed by atoms with Gasteiger partial charge >= 0.3 is 0 Å². The number of ether oxygens (including phenoxy) is 1. The minimum Gasteiger partial charge on any atom is -0.369 e. The van der Waals surface area contributed by atoms with E-state index in [0.717, 1.165) is 18.8 Å². The van der Waals surface area contributed by atoms with Crippen LogP contribution in [0.15, 0.2) is 30.3 Å². The third-order valence-electron chi connectivity index (χ3n) is 3.95. The standard InChI is InChI=1S/C15H23NO/c1-13-7-9-15(12-16,10-8-13)17-11-14-5-3-2-4-6-14/h2-6,13H,7-12,16H2,1H3. The maximum Gasteiger partial charge on any atom is 0.0808 e. The van der Waals surface area contributed by atoms with Crippen LogP contribution in [-0.2, 0) is 11.3 Å². The van der Waals surface area contributed by atoms with Gasteiger partial charge in [0.1, 0.15) is 0 Å². The largest absolute Gasteiger partial charge is 0.369 e. The van der Waals surface area contributed by atoms with E-state index >= 15 is 0 Å². The Morgan fingerprint density at radius 2 is 1.88 bits per heavy atom. The van der Waals surface area contributed by atoms with Crippen molar-refractivity contribution in [2.75, 3.05) is 6.54 Å². The summed E-state index contributed by atoms with van der Waals surface area (Å²) in [6, 6.07) is 10.4. The Bertz CT molecular complexity index is 328. The van der Waals surface area contributed by atoms with Gasteiger partial charge in [-0.15, -0.1) is 0 Å². The fourth-order valence-electron chi connectivity index (χ4n) is 2.51. The summed E-state index contributed by atoms with van der Waals surface area (Å²) in [5.74, 6) is 0.829. The maximum atomic E-state index is 6.13. The Hall–Kier alpha value is -0.860. The van der Waals surface area contributed by atoms with Crippen LogP contribution in [0.5, 0.6) is 0 Å². The van der Waals surface area contributed by atoms with Gasteiger partial charge in [0.05, 0.1) is 12.2 Å². The lowest BCUT2D eigenvalue weighted by Gasteiger charge is -2.38. The molecule has 1 aliphatic carbocycles. The molecule has 0 aliphatic heterocycles. The molecule has 0 amide bonds. The van der Waals surface area contributed by atoms with Gasteiger partial charge in [-0.25, -0.2) is 0 Å². The van der Waals surface area contributed by atoms with Crippen LogP contribution in [0.2, 0.25) is 0 Å². The molecule has 2 rings (SSSR count). The first-order chi connectivity index (χ1) is 8.24. The van der Waals surface area contributed by atoms with Gasteiger partial charge in [-0.05, 0) is 37.2 Å². The third kappa shape index (κ3) is 3.30. The second kappa shape index (κ2) is 5.65. The van der Waals surface area contributed by atoms with Crippen LogP contribution in [0.4, 0.5) is 0 Å². The van der Waals surface area contributed by atoms with Gasteiger partial charge in [0.15, 0.2) is 0 Å². The van der Waals surface area contributed by atoms with E-state index in [1.807, 2.05) is 6.07 Å². The summed E-state index contributed by atoms with van der Waals surface area (Å²) in [6.45, 7) is 3.65. The third-order valence-corrected chi connectivity index (χ3v) is 3.95. The topological polar surface area (TPSA) is 35.2 Å². The molecule has 0 bridgehead atoms. The van der Waals surface area contributed by atoms with Crippen LogP contribution < -0.4 is 5.73 Å². The first-order valence-corrected chi connectivity index (χ1v) is 6.62. The van der Waals surface area contributed by atoms with E-state index in [1.54, 1.807) is 0 Å². The molecule has 2 N–H and O–H groups in total. The van der Waals surface area contributed by atoms with Crippen molar-refractivity contribution in [2.24, 2.45) is 11.7 Å². The summed E-state index contributed by atoms with van der Waals surface area (Å²) in [4.78, 5) is 0. The normalized spacial score (nSPS) is 29.2. The van der Waals surface area contributed by atoms with Crippen molar-refractivity contribution >= 4 is 0 Å². The smallest absolute Gasteiger partial charge is 0.0808 e. The van der Waals surface area contributed by atoms with E-state index in [1.165, 1.54) is 18.4 Å².